The number of alkyl carbamates (subject to hydrolysis) is 1. The van der Waals surface area contributed by atoms with Gasteiger partial charge in [-0.05, 0) is 11.5 Å². The van der Waals surface area contributed by atoms with Crippen LogP contribution in [0.25, 0.3) is 0 Å². The first-order chi connectivity index (χ1) is 9.52. The third-order valence-electron chi connectivity index (χ3n) is 3.27. The maximum Gasteiger partial charge on any atom is 0.407 e. The minimum absolute atomic E-state index is 0.120. The van der Waals surface area contributed by atoms with Crippen molar-refractivity contribution in [3.63, 3.8) is 0 Å². The zero-order chi connectivity index (χ0) is 15.0. The van der Waals surface area contributed by atoms with Crippen molar-refractivity contribution >= 4 is 12.0 Å². The maximum atomic E-state index is 11.7. The van der Waals surface area contributed by atoms with Crippen LogP contribution in [0.5, 0.6) is 0 Å². The summed E-state index contributed by atoms with van der Waals surface area (Å²) in [6.45, 7) is 4.16. The minimum Gasteiger partial charge on any atom is -0.445 e. The van der Waals surface area contributed by atoms with Gasteiger partial charge in [0.25, 0.3) is 0 Å². The lowest BCUT2D eigenvalue weighted by molar-refractivity contribution is -0.118. The van der Waals surface area contributed by atoms with Gasteiger partial charge in [-0.25, -0.2) is 4.79 Å². The van der Waals surface area contributed by atoms with Crippen molar-refractivity contribution in [1.29, 1.82) is 0 Å². The smallest absolute Gasteiger partial charge is 0.407 e. The van der Waals surface area contributed by atoms with Crippen molar-refractivity contribution in [2.75, 3.05) is 0 Å². The Kier molecular flexibility index (Phi) is 6.56. The molecule has 5 heteroatoms. The van der Waals surface area contributed by atoms with E-state index in [-0.39, 0.29) is 25.0 Å². The molecule has 0 aromatic heterocycles. The van der Waals surface area contributed by atoms with Crippen LogP contribution in [0.3, 0.4) is 0 Å². The van der Waals surface area contributed by atoms with Crippen LogP contribution in [0, 0.1) is 5.92 Å². The topological polar surface area (TPSA) is 81.4 Å². The van der Waals surface area contributed by atoms with Gasteiger partial charge in [0.1, 0.15) is 6.61 Å². The molecule has 0 heterocycles. The molecule has 20 heavy (non-hydrogen) atoms. The van der Waals surface area contributed by atoms with E-state index < -0.39 is 12.0 Å². The fourth-order valence-electron chi connectivity index (χ4n) is 1.81. The highest BCUT2D eigenvalue weighted by Crippen LogP contribution is 2.11. The van der Waals surface area contributed by atoms with Crippen LogP contribution in [0.2, 0.25) is 0 Å². The number of carbonyl (C=O) groups is 2. The Morgan fingerprint density at radius 1 is 1.30 bits per heavy atom. The molecule has 2 amide bonds. The van der Waals surface area contributed by atoms with Crippen molar-refractivity contribution in [2.45, 2.75) is 39.3 Å². The van der Waals surface area contributed by atoms with Crippen molar-refractivity contribution in [1.82, 2.24) is 5.32 Å². The molecule has 1 unspecified atom stereocenters. The van der Waals surface area contributed by atoms with Crippen molar-refractivity contribution in [2.24, 2.45) is 11.7 Å². The third-order valence-corrected chi connectivity index (χ3v) is 3.27. The quantitative estimate of drug-likeness (QED) is 0.802. The van der Waals surface area contributed by atoms with Gasteiger partial charge in [0.15, 0.2) is 0 Å². The molecule has 0 fully saturated rings. The van der Waals surface area contributed by atoms with Gasteiger partial charge in [0.2, 0.25) is 5.91 Å². The number of carbonyl (C=O) groups excluding carboxylic acids is 2. The predicted octanol–water partition coefficient (Wildman–Crippen LogP) is 2.20. The Morgan fingerprint density at radius 2 is 1.95 bits per heavy atom. The molecule has 1 rings (SSSR count). The molecule has 1 aromatic carbocycles. The molecule has 110 valence electrons. The number of amides is 2. The number of hydrogen-bond donors (Lipinski definition) is 2. The van der Waals surface area contributed by atoms with E-state index in [1.54, 1.807) is 0 Å². The van der Waals surface area contributed by atoms with E-state index in [9.17, 15) is 9.59 Å². The highest BCUT2D eigenvalue weighted by molar-refractivity contribution is 5.76. The lowest BCUT2D eigenvalue weighted by atomic mass is 9.96. The summed E-state index contributed by atoms with van der Waals surface area (Å²) < 4.78 is 5.13. The average molecular weight is 278 g/mol. The normalized spacial score (nSPS) is 13.3. The van der Waals surface area contributed by atoms with Crippen molar-refractivity contribution in [3.8, 4) is 0 Å². The fourth-order valence-corrected chi connectivity index (χ4v) is 1.81. The highest BCUT2D eigenvalue weighted by Gasteiger charge is 2.21. The SMILES string of the molecule is CCC(C)[C@@H](CC(N)=O)NC(=O)OCc1ccccc1. The molecule has 0 spiro atoms. The van der Waals surface area contributed by atoms with Gasteiger partial charge in [0.05, 0.1) is 0 Å². The van der Waals surface area contributed by atoms with Crippen molar-refractivity contribution in [3.05, 3.63) is 35.9 Å². The first kappa shape index (κ1) is 16.0. The minimum atomic E-state index is -0.527. The zero-order valence-corrected chi connectivity index (χ0v) is 12.0. The Morgan fingerprint density at radius 3 is 2.50 bits per heavy atom. The number of benzene rings is 1. The molecule has 0 saturated carbocycles. The van der Waals surface area contributed by atoms with Gasteiger partial charge in [0, 0.05) is 12.5 Å². The largest absolute Gasteiger partial charge is 0.445 e. The van der Waals surface area contributed by atoms with E-state index in [1.165, 1.54) is 0 Å². The molecule has 5 nitrogen and oxygen atoms in total. The Hall–Kier alpha value is -2.04. The van der Waals surface area contributed by atoms with Crippen molar-refractivity contribution < 1.29 is 14.3 Å². The van der Waals surface area contributed by atoms with Gasteiger partial charge in [-0.3, -0.25) is 4.79 Å². The van der Waals surface area contributed by atoms with Crippen LogP contribution in [0.1, 0.15) is 32.3 Å². The molecule has 0 bridgehead atoms. The summed E-state index contributed by atoms with van der Waals surface area (Å²) >= 11 is 0. The van der Waals surface area contributed by atoms with E-state index in [0.29, 0.717) is 0 Å². The summed E-state index contributed by atoms with van der Waals surface area (Å²) in [6, 6.07) is 9.12. The van der Waals surface area contributed by atoms with Gasteiger partial charge < -0.3 is 15.8 Å². The number of nitrogens with two attached hydrogens (primary N) is 1. The number of nitrogens with one attached hydrogen (secondary N) is 1. The van der Waals surface area contributed by atoms with Crippen LogP contribution in [0.4, 0.5) is 4.79 Å². The number of ether oxygens (including phenoxy) is 1. The van der Waals surface area contributed by atoms with Crippen LogP contribution in [-0.4, -0.2) is 18.0 Å². The summed E-state index contributed by atoms with van der Waals surface area (Å²) in [6.07, 6.45) is 0.437. The fraction of sp³-hybridized carbons (Fsp3) is 0.467. The third kappa shape index (κ3) is 5.73. The Balaban J connectivity index is 2.47. The van der Waals surface area contributed by atoms with E-state index >= 15 is 0 Å². The van der Waals surface area contributed by atoms with E-state index in [2.05, 4.69) is 5.32 Å². The molecule has 0 aliphatic rings. The molecular formula is C15H22N2O3. The standard InChI is InChI=1S/C15H22N2O3/c1-3-11(2)13(9-14(16)18)17-15(19)20-10-12-7-5-4-6-8-12/h4-8,11,13H,3,9-10H2,1-2H3,(H2,16,18)(H,17,19)/t11?,13-/m1/s1. The van der Waals surface area contributed by atoms with Crippen LogP contribution in [0.15, 0.2) is 30.3 Å². The van der Waals surface area contributed by atoms with E-state index in [1.807, 2.05) is 44.2 Å². The summed E-state index contributed by atoms with van der Waals surface area (Å²) in [5, 5.41) is 2.71. The second-order valence-electron chi connectivity index (χ2n) is 4.87. The average Bonchev–Trinajstić information content (AvgIpc) is 2.44. The zero-order valence-electron chi connectivity index (χ0n) is 12.0. The summed E-state index contributed by atoms with van der Waals surface area (Å²) in [5.41, 5.74) is 6.11. The number of hydrogen-bond acceptors (Lipinski definition) is 3. The van der Waals surface area contributed by atoms with Crippen LogP contribution >= 0.6 is 0 Å². The molecule has 0 aliphatic carbocycles. The number of rotatable bonds is 7. The van der Waals surface area contributed by atoms with E-state index in [0.717, 1.165) is 12.0 Å². The molecular weight excluding hydrogens is 256 g/mol. The van der Waals surface area contributed by atoms with Crippen LogP contribution in [-0.2, 0) is 16.1 Å². The summed E-state index contributed by atoms with van der Waals surface area (Å²) in [5.74, 6) is -0.273. The van der Waals surface area contributed by atoms with E-state index in [4.69, 9.17) is 10.5 Å². The Bertz CT molecular complexity index is 434. The molecule has 1 aromatic rings. The van der Waals surface area contributed by atoms with Gasteiger partial charge in [-0.2, -0.15) is 0 Å². The molecule has 0 aliphatic heterocycles. The maximum absolute atomic E-state index is 11.7. The lowest BCUT2D eigenvalue weighted by Gasteiger charge is -2.22. The van der Waals surface area contributed by atoms with Gasteiger partial charge in [-0.1, -0.05) is 50.6 Å². The first-order valence-corrected chi connectivity index (χ1v) is 6.78. The highest BCUT2D eigenvalue weighted by atomic mass is 16.5. The monoisotopic (exact) mass is 278 g/mol. The Labute approximate surface area is 119 Å². The molecule has 0 radical (unpaired) electrons. The lowest BCUT2D eigenvalue weighted by Crippen LogP contribution is -2.42. The molecule has 0 saturated heterocycles. The molecule has 3 N–H and O–H groups in total. The summed E-state index contributed by atoms with van der Waals surface area (Å²) in [7, 11) is 0. The predicted molar refractivity (Wildman–Crippen MR) is 76.8 cm³/mol. The van der Waals surface area contributed by atoms with Crippen LogP contribution < -0.4 is 11.1 Å². The number of primary amides is 1. The van der Waals surface area contributed by atoms with Gasteiger partial charge in [-0.15, -0.1) is 0 Å². The second kappa shape index (κ2) is 8.19. The first-order valence-electron chi connectivity index (χ1n) is 6.78. The van der Waals surface area contributed by atoms with Gasteiger partial charge >= 0.3 is 6.09 Å². The molecule has 2 atom stereocenters. The summed E-state index contributed by atoms with van der Waals surface area (Å²) in [4.78, 5) is 22.8. The second-order valence-corrected chi connectivity index (χ2v) is 4.87.